The Morgan fingerprint density at radius 1 is 1.14 bits per heavy atom. The quantitative estimate of drug-likeness (QED) is 0.655. The first-order valence-electron chi connectivity index (χ1n) is 6.52. The van der Waals surface area contributed by atoms with Gasteiger partial charge in [-0.25, -0.2) is 4.79 Å². The van der Waals surface area contributed by atoms with E-state index in [1.165, 1.54) is 12.1 Å². The fourth-order valence-electron chi connectivity index (χ4n) is 2.20. The highest BCUT2D eigenvalue weighted by Gasteiger charge is 2.32. The van der Waals surface area contributed by atoms with Gasteiger partial charge in [-0.2, -0.15) is 0 Å². The van der Waals surface area contributed by atoms with E-state index in [1.54, 1.807) is 19.1 Å². The van der Waals surface area contributed by atoms with Crippen LogP contribution in [0.2, 0.25) is 0 Å². The molecule has 0 aromatic heterocycles. The summed E-state index contributed by atoms with van der Waals surface area (Å²) in [6.07, 6.45) is 1.91. The number of Topliss-reactive ketones (excluding diaryl/α,β-unsaturated/α-hetero) is 2. The number of fused-ring (bicyclic) bond motifs is 1. The first-order valence-corrected chi connectivity index (χ1v) is 6.52. The molecular formula is C16H14O5. The molecule has 2 N–H and O–H groups in total. The van der Waals surface area contributed by atoms with Gasteiger partial charge in [0.2, 0.25) is 11.6 Å². The van der Waals surface area contributed by atoms with E-state index in [1.807, 2.05) is 0 Å². The van der Waals surface area contributed by atoms with Crippen LogP contribution in [0, 0.1) is 0 Å². The number of allylic oxidation sites excluding steroid dienone is 2. The molecule has 0 spiro atoms. The number of carbonyl (C=O) groups excluding carboxylic acids is 2. The van der Waals surface area contributed by atoms with Crippen LogP contribution in [0.15, 0.2) is 41.5 Å². The summed E-state index contributed by atoms with van der Waals surface area (Å²) in [6.45, 7) is 1.80. The molecule has 0 saturated heterocycles. The van der Waals surface area contributed by atoms with Crippen molar-refractivity contribution in [3.8, 4) is 0 Å². The van der Waals surface area contributed by atoms with Crippen molar-refractivity contribution < 1.29 is 24.6 Å². The molecule has 1 aromatic carbocycles. The molecule has 1 aliphatic rings. The predicted octanol–water partition coefficient (Wildman–Crippen LogP) is 2.53. The van der Waals surface area contributed by atoms with E-state index < -0.39 is 17.5 Å². The number of carboxylic acids is 1. The molecule has 0 bridgehead atoms. The molecule has 0 aliphatic heterocycles. The Hall–Kier alpha value is -2.69. The summed E-state index contributed by atoms with van der Waals surface area (Å²) in [5.41, 5.74) is 0.100. The van der Waals surface area contributed by atoms with Crippen LogP contribution < -0.4 is 0 Å². The first kappa shape index (κ1) is 14.7. The molecule has 5 heteroatoms. The Morgan fingerprint density at radius 3 is 2.33 bits per heavy atom. The molecule has 108 valence electrons. The fraction of sp³-hybridized carbons (Fsp3) is 0.188. The van der Waals surface area contributed by atoms with Crippen LogP contribution in [0.3, 0.4) is 0 Å². The normalized spacial score (nSPS) is 15.2. The minimum atomic E-state index is -1.17. The Bertz CT molecular complexity index is 694. The van der Waals surface area contributed by atoms with Gasteiger partial charge in [0, 0.05) is 16.7 Å². The summed E-state index contributed by atoms with van der Waals surface area (Å²) >= 11 is 0. The van der Waals surface area contributed by atoms with Crippen molar-refractivity contribution >= 4 is 23.3 Å². The summed E-state index contributed by atoms with van der Waals surface area (Å²) in [4.78, 5) is 35.2. The average molecular weight is 286 g/mol. The van der Waals surface area contributed by atoms with Gasteiger partial charge >= 0.3 is 5.97 Å². The number of hydrogen-bond donors (Lipinski definition) is 2. The molecule has 2 rings (SSSR count). The van der Waals surface area contributed by atoms with Crippen LogP contribution in [-0.4, -0.2) is 27.7 Å². The molecule has 0 saturated carbocycles. The summed E-state index contributed by atoms with van der Waals surface area (Å²) in [5, 5.41) is 19.3. The number of aliphatic carboxylic acids is 1. The number of aliphatic hydroxyl groups excluding tert-OH is 1. The number of aliphatic hydroxyl groups is 1. The van der Waals surface area contributed by atoms with Crippen LogP contribution in [0.25, 0.3) is 5.76 Å². The van der Waals surface area contributed by atoms with E-state index in [4.69, 9.17) is 5.11 Å². The van der Waals surface area contributed by atoms with E-state index in [9.17, 15) is 19.5 Å². The highest BCUT2D eigenvalue weighted by Crippen LogP contribution is 2.29. The molecule has 1 aliphatic carbocycles. The van der Waals surface area contributed by atoms with Crippen molar-refractivity contribution in [1.82, 2.24) is 0 Å². The number of carboxylic acid groups (broad SMARTS) is 1. The minimum Gasteiger partial charge on any atom is -0.507 e. The maximum Gasteiger partial charge on any atom is 0.331 e. The molecule has 0 unspecified atom stereocenters. The zero-order valence-corrected chi connectivity index (χ0v) is 11.4. The highest BCUT2D eigenvalue weighted by atomic mass is 16.4. The lowest BCUT2D eigenvalue weighted by molar-refractivity contribution is -0.132. The van der Waals surface area contributed by atoms with E-state index in [0.717, 1.165) is 6.08 Å². The van der Waals surface area contributed by atoms with Crippen molar-refractivity contribution in [2.45, 2.75) is 19.8 Å². The lowest BCUT2D eigenvalue weighted by Crippen LogP contribution is -2.23. The molecule has 0 fully saturated rings. The first-order chi connectivity index (χ1) is 9.97. The Morgan fingerprint density at radius 2 is 1.76 bits per heavy atom. The molecule has 0 amide bonds. The van der Waals surface area contributed by atoms with Crippen LogP contribution in [0.4, 0.5) is 0 Å². The second kappa shape index (κ2) is 5.75. The molecule has 5 nitrogen and oxygen atoms in total. The monoisotopic (exact) mass is 286 g/mol. The maximum absolute atomic E-state index is 12.1. The molecule has 0 radical (unpaired) electrons. The third-order valence-electron chi connectivity index (χ3n) is 3.25. The van der Waals surface area contributed by atoms with Gasteiger partial charge in [-0.1, -0.05) is 37.6 Å². The standard InChI is InChI=1S/C16H14O5/c1-2-5-9(16(20)21)8-12-13(17)10-6-3-4-7-11(10)14(18)15(12)19/h3-4,6-8,17H,2,5H2,1H3,(H,20,21)/b9-8+. The maximum atomic E-state index is 12.1. The van der Waals surface area contributed by atoms with Crippen LogP contribution in [0.5, 0.6) is 0 Å². The largest absolute Gasteiger partial charge is 0.507 e. The van der Waals surface area contributed by atoms with Gasteiger partial charge in [0.15, 0.2) is 0 Å². The number of carbonyl (C=O) groups is 3. The summed E-state index contributed by atoms with van der Waals surface area (Å²) < 4.78 is 0. The Kier molecular flexibility index (Phi) is 4.03. The fourth-order valence-corrected chi connectivity index (χ4v) is 2.20. The van der Waals surface area contributed by atoms with Gasteiger partial charge in [-0.05, 0) is 12.5 Å². The number of rotatable bonds is 4. The van der Waals surface area contributed by atoms with Crippen molar-refractivity contribution in [3.63, 3.8) is 0 Å². The third-order valence-corrected chi connectivity index (χ3v) is 3.25. The Labute approximate surface area is 121 Å². The van der Waals surface area contributed by atoms with E-state index in [-0.39, 0.29) is 34.5 Å². The van der Waals surface area contributed by atoms with Gasteiger partial charge in [0.1, 0.15) is 5.76 Å². The minimum absolute atomic E-state index is 0.0143. The number of hydrogen-bond acceptors (Lipinski definition) is 4. The average Bonchev–Trinajstić information content (AvgIpc) is 2.48. The summed E-state index contributed by atoms with van der Waals surface area (Å²) in [5.74, 6) is -3.15. The summed E-state index contributed by atoms with van der Waals surface area (Å²) in [7, 11) is 0. The van der Waals surface area contributed by atoms with E-state index in [0.29, 0.717) is 6.42 Å². The van der Waals surface area contributed by atoms with Crippen molar-refractivity contribution in [3.05, 3.63) is 52.6 Å². The van der Waals surface area contributed by atoms with E-state index in [2.05, 4.69) is 0 Å². The van der Waals surface area contributed by atoms with Crippen LogP contribution in [-0.2, 0) is 9.59 Å². The second-order valence-electron chi connectivity index (χ2n) is 4.69. The topological polar surface area (TPSA) is 91.7 Å². The number of ketones is 2. The van der Waals surface area contributed by atoms with Crippen LogP contribution >= 0.6 is 0 Å². The van der Waals surface area contributed by atoms with Gasteiger partial charge in [0.05, 0.1) is 5.57 Å². The Balaban J connectivity index is 2.62. The van der Waals surface area contributed by atoms with Crippen molar-refractivity contribution in [2.75, 3.05) is 0 Å². The number of benzene rings is 1. The molecule has 21 heavy (non-hydrogen) atoms. The predicted molar refractivity (Wildman–Crippen MR) is 76.0 cm³/mol. The summed E-state index contributed by atoms with van der Waals surface area (Å²) in [6, 6.07) is 6.20. The zero-order valence-electron chi connectivity index (χ0n) is 11.4. The molecule has 1 aromatic rings. The zero-order chi connectivity index (χ0) is 15.6. The lowest BCUT2D eigenvalue weighted by Gasteiger charge is -2.16. The highest BCUT2D eigenvalue weighted by molar-refractivity contribution is 6.52. The van der Waals surface area contributed by atoms with Crippen LogP contribution in [0.1, 0.15) is 35.7 Å². The van der Waals surface area contributed by atoms with E-state index >= 15 is 0 Å². The van der Waals surface area contributed by atoms with Crippen molar-refractivity contribution in [1.29, 1.82) is 0 Å². The van der Waals surface area contributed by atoms with Gasteiger partial charge < -0.3 is 10.2 Å². The lowest BCUT2D eigenvalue weighted by atomic mass is 9.87. The molecule has 0 heterocycles. The molecular weight excluding hydrogens is 272 g/mol. The van der Waals surface area contributed by atoms with Gasteiger partial charge in [0.25, 0.3) is 0 Å². The second-order valence-corrected chi connectivity index (χ2v) is 4.69. The third kappa shape index (κ3) is 2.63. The van der Waals surface area contributed by atoms with Crippen molar-refractivity contribution in [2.24, 2.45) is 0 Å². The van der Waals surface area contributed by atoms with Gasteiger partial charge in [-0.3, -0.25) is 9.59 Å². The molecule has 0 atom stereocenters. The SMILES string of the molecule is CCC/C(=C\C1=C(O)c2ccccc2C(=O)C1=O)C(=O)O. The van der Waals surface area contributed by atoms with Gasteiger partial charge in [-0.15, -0.1) is 0 Å². The smallest absolute Gasteiger partial charge is 0.331 e.